The van der Waals surface area contributed by atoms with Crippen LogP contribution in [0.4, 0.5) is 0 Å². The third-order valence-electron chi connectivity index (χ3n) is 5.21. The zero-order valence-electron chi connectivity index (χ0n) is 16.6. The highest BCUT2D eigenvalue weighted by Crippen LogP contribution is 2.34. The molecular weight excluding hydrogens is 390 g/mol. The summed E-state index contributed by atoms with van der Waals surface area (Å²) in [6, 6.07) is 10.5. The molecule has 0 amide bonds. The second kappa shape index (κ2) is 8.08. The molecule has 1 N–H and O–H groups in total. The van der Waals surface area contributed by atoms with E-state index < -0.39 is 9.84 Å². The SMILES string of the molecule is COc1ccc(C)cc1CS(=O)(=O)c1cc(OC2CCNCC2)c2occc2c1. The summed E-state index contributed by atoms with van der Waals surface area (Å²) >= 11 is 0. The van der Waals surface area contributed by atoms with Crippen LogP contribution >= 0.6 is 0 Å². The zero-order valence-corrected chi connectivity index (χ0v) is 17.4. The minimum atomic E-state index is -3.61. The molecule has 7 heteroatoms. The highest BCUT2D eigenvalue weighted by molar-refractivity contribution is 7.90. The van der Waals surface area contributed by atoms with Crippen molar-refractivity contribution in [2.75, 3.05) is 20.2 Å². The van der Waals surface area contributed by atoms with Crippen molar-refractivity contribution < 1.29 is 22.3 Å². The average molecular weight is 416 g/mol. The maximum absolute atomic E-state index is 13.2. The number of hydrogen-bond acceptors (Lipinski definition) is 6. The molecule has 0 saturated carbocycles. The van der Waals surface area contributed by atoms with E-state index >= 15 is 0 Å². The average Bonchev–Trinajstić information content (AvgIpc) is 3.18. The number of ether oxygens (including phenoxy) is 2. The lowest BCUT2D eigenvalue weighted by Gasteiger charge is -2.24. The van der Waals surface area contributed by atoms with Crippen molar-refractivity contribution in [1.82, 2.24) is 5.32 Å². The topological polar surface area (TPSA) is 77.8 Å². The molecule has 3 aromatic rings. The number of hydrogen-bond donors (Lipinski definition) is 1. The molecule has 6 nitrogen and oxygen atoms in total. The number of furan rings is 1. The van der Waals surface area contributed by atoms with Crippen molar-refractivity contribution in [3.05, 3.63) is 53.8 Å². The van der Waals surface area contributed by atoms with Gasteiger partial charge in [0.25, 0.3) is 0 Å². The van der Waals surface area contributed by atoms with Gasteiger partial charge in [-0.05, 0) is 51.1 Å². The molecule has 0 spiro atoms. The molecule has 0 bridgehead atoms. The fourth-order valence-corrected chi connectivity index (χ4v) is 5.09. The Kier molecular flexibility index (Phi) is 5.52. The standard InChI is InChI=1S/C22H25NO5S/c1-15-3-4-20(26-2)17(11-15)14-29(24,25)19-12-16-7-10-27-22(16)21(13-19)28-18-5-8-23-9-6-18/h3-4,7,10-13,18,23H,5-6,8-9,14H2,1-2H3. The number of benzene rings is 2. The van der Waals surface area contributed by atoms with E-state index in [2.05, 4.69) is 5.32 Å². The van der Waals surface area contributed by atoms with Gasteiger partial charge in [-0.15, -0.1) is 0 Å². The van der Waals surface area contributed by atoms with Crippen molar-refractivity contribution in [2.24, 2.45) is 0 Å². The molecule has 2 aromatic carbocycles. The molecular formula is C22H25NO5S. The molecule has 1 aliphatic heterocycles. The van der Waals surface area contributed by atoms with Crippen LogP contribution in [-0.2, 0) is 15.6 Å². The summed E-state index contributed by atoms with van der Waals surface area (Å²) in [6.07, 6.45) is 3.35. The molecule has 4 rings (SSSR count). The van der Waals surface area contributed by atoms with E-state index in [0.29, 0.717) is 28.0 Å². The molecule has 0 atom stereocenters. The molecule has 29 heavy (non-hydrogen) atoms. The molecule has 0 aliphatic carbocycles. The molecule has 1 aromatic heterocycles. The van der Waals surface area contributed by atoms with Crippen molar-refractivity contribution in [1.29, 1.82) is 0 Å². The van der Waals surface area contributed by atoms with Gasteiger partial charge in [0.1, 0.15) is 11.9 Å². The summed E-state index contributed by atoms with van der Waals surface area (Å²) in [5.74, 6) is 0.900. The van der Waals surface area contributed by atoms with Crippen LogP contribution in [0.2, 0.25) is 0 Å². The number of sulfone groups is 1. The molecule has 1 saturated heterocycles. The zero-order chi connectivity index (χ0) is 20.4. The number of piperidine rings is 1. The van der Waals surface area contributed by atoms with Crippen LogP contribution in [0.3, 0.4) is 0 Å². The quantitative estimate of drug-likeness (QED) is 0.659. The van der Waals surface area contributed by atoms with Gasteiger partial charge in [0.05, 0.1) is 24.0 Å². The van der Waals surface area contributed by atoms with E-state index in [9.17, 15) is 8.42 Å². The van der Waals surface area contributed by atoms with Gasteiger partial charge in [0, 0.05) is 17.0 Å². The first-order valence-corrected chi connectivity index (χ1v) is 11.4. The van der Waals surface area contributed by atoms with E-state index in [-0.39, 0.29) is 16.8 Å². The fraction of sp³-hybridized carbons (Fsp3) is 0.364. The van der Waals surface area contributed by atoms with Gasteiger partial charge in [-0.2, -0.15) is 0 Å². The fourth-order valence-electron chi connectivity index (χ4n) is 3.69. The Labute approximate surface area is 170 Å². The highest BCUT2D eigenvalue weighted by Gasteiger charge is 2.23. The van der Waals surface area contributed by atoms with Crippen LogP contribution in [0.15, 0.2) is 52.0 Å². The third-order valence-corrected chi connectivity index (χ3v) is 6.86. The van der Waals surface area contributed by atoms with E-state index in [1.165, 1.54) is 0 Å². The van der Waals surface area contributed by atoms with Crippen LogP contribution in [0.1, 0.15) is 24.0 Å². The minimum Gasteiger partial charge on any atom is -0.496 e. The first kappa shape index (κ1) is 19.8. The molecule has 1 aliphatic rings. The normalized spacial score (nSPS) is 15.5. The molecule has 2 heterocycles. The van der Waals surface area contributed by atoms with Gasteiger partial charge in [-0.1, -0.05) is 17.7 Å². The summed E-state index contributed by atoms with van der Waals surface area (Å²) in [5.41, 5.74) is 2.20. The Hall–Kier alpha value is -2.51. The van der Waals surface area contributed by atoms with Gasteiger partial charge in [-0.25, -0.2) is 8.42 Å². The van der Waals surface area contributed by atoms with Crippen LogP contribution < -0.4 is 14.8 Å². The Morgan fingerprint density at radius 1 is 1.10 bits per heavy atom. The summed E-state index contributed by atoms with van der Waals surface area (Å²) in [5, 5.41) is 4.01. The Morgan fingerprint density at radius 3 is 2.66 bits per heavy atom. The van der Waals surface area contributed by atoms with Gasteiger partial charge in [-0.3, -0.25) is 0 Å². The van der Waals surface area contributed by atoms with Crippen LogP contribution in [0.25, 0.3) is 11.0 Å². The van der Waals surface area contributed by atoms with Crippen molar-refractivity contribution >= 4 is 20.8 Å². The predicted molar refractivity (Wildman–Crippen MR) is 111 cm³/mol. The number of nitrogens with one attached hydrogen (secondary N) is 1. The summed E-state index contributed by atoms with van der Waals surface area (Å²) in [7, 11) is -2.06. The summed E-state index contributed by atoms with van der Waals surface area (Å²) in [6.45, 7) is 3.70. The van der Waals surface area contributed by atoms with E-state index in [0.717, 1.165) is 31.5 Å². The Balaban J connectivity index is 1.70. The summed E-state index contributed by atoms with van der Waals surface area (Å²) in [4.78, 5) is 0.221. The molecule has 0 radical (unpaired) electrons. The van der Waals surface area contributed by atoms with E-state index in [1.807, 2.05) is 19.1 Å². The highest BCUT2D eigenvalue weighted by atomic mass is 32.2. The van der Waals surface area contributed by atoms with Crippen LogP contribution in [-0.4, -0.2) is 34.7 Å². The van der Waals surface area contributed by atoms with Crippen molar-refractivity contribution in [3.8, 4) is 11.5 Å². The van der Waals surface area contributed by atoms with E-state index in [1.54, 1.807) is 37.6 Å². The maximum atomic E-state index is 13.2. The monoisotopic (exact) mass is 415 g/mol. The van der Waals surface area contributed by atoms with Gasteiger partial charge in [0.15, 0.2) is 21.2 Å². The molecule has 1 fully saturated rings. The predicted octanol–water partition coefficient (Wildman–Crippen LogP) is 3.85. The second-order valence-corrected chi connectivity index (χ2v) is 9.39. The maximum Gasteiger partial charge on any atom is 0.182 e. The number of aryl methyl sites for hydroxylation is 1. The van der Waals surface area contributed by atoms with Crippen molar-refractivity contribution in [2.45, 2.75) is 36.5 Å². The first-order chi connectivity index (χ1) is 14.0. The summed E-state index contributed by atoms with van der Waals surface area (Å²) < 4.78 is 43.6. The molecule has 0 unspecified atom stereocenters. The van der Waals surface area contributed by atoms with Crippen molar-refractivity contribution in [3.63, 3.8) is 0 Å². The lowest BCUT2D eigenvalue weighted by atomic mass is 10.1. The Bertz CT molecular complexity index is 1110. The van der Waals surface area contributed by atoms with E-state index in [4.69, 9.17) is 13.9 Å². The lowest BCUT2D eigenvalue weighted by molar-refractivity contribution is 0.162. The largest absolute Gasteiger partial charge is 0.496 e. The van der Waals surface area contributed by atoms with Gasteiger partial charge in [0.2, 0.25) is 0 Å². The third kappa shape index (κ3) is 4.26. The number of methoxy groups -OCH3 is 1. The lowest BCUT2D eigenvalue weighted by Crippen LogP contribution is -2.34. The van der Waals surface area contributed by atoms with Gasteiger partial charge >= 0.3 is 0 Å². The second-order valence-electron chi connectivity index (χ2n) is 7.40. The van der Waals surface area contributed by atoms with Gasteiger partial charge < -0.3 is 19.2 Å². The smallest absolute Gasteiger partial charge is 0.182 e. The number of fused-ring (bicyclic) bond motifs is 1. The molecule has 154 valence electrons. The van der Waals surface area contributed by atoms with Crippen LogP contribution in [0.5, 0.6) is 11.5 Å². The number of rotatable bonds is 6. The van der Waals surface area contributed by atoms with Crippen LogP contribution in [0, 0.1) is 6.92 Å². The minimum absolute atomic E-state index is 0.0411. The first-order valence-electron chi connectivity index (χ1n) is 9.71. The Morgan fingerprint density at radius 2 is 1.90 bits per heavy atom.